The number of ketones is 1. The number of halogens is 1. The Labute approximate surface area is 217 Å². The molecule has 0 aliphatic carbocycles. The maximum Gasteiger partial charge on any atom is 0.162 e. The third kappa shape index (κ3) is 5.75. The van der Waals surface area contributed by atoms with Crippen LogP contribution in [-0.2, 0) is 28.9 Å². The molecule has 1 aliphatic rings. The Balaban J connectivity index is 1.68. The molecule has 36 heavy (non-hydrogen) atoms. The number of ether oxygens (including phenoxy) is 2. The fourth-order valence-corrected chi connectivity index (χ4v) is 5.24. The predicted molar refractivity (Wildman–Crippen MR) is 144 cm³/mol. The molecule has 0 saturated carbocycles. The Hall–Kier alpha value is -2.87. The van der Waals surface area contributed by atoms with Gasteiger partial charge in [0.05, 0.1) is 36.4 Å². The van der Waals surface area contributed by atoms with E-state index >= 15 is 0 Å². The number of Topliss-reactive ketones (excluding diaryl/α,β-unsaturated/α-hetero) is 1. The number of fused-ring (bicyclic) bond motifs is 1. The van der Waals surface area contributed by atoms with E-state index in [1.807, 2.05) is 30.3 Å². The van der Waals surface area contributed by atoms with E-state index in [1.165, 1.54) is 0 Å². The first kappa shape index (κ1) is 26.2. The lowest BCUT2D eigenvalue weighted by molar-refractivity contribution is -0.111. The highest BCUT2D eigenvalue weighted by atomic mass is 35.5. The molecule has 1 aliphatic heterocycles. The standard InChI is InChI=1S/C28H35ClN4O3/c1-18(32-11-13-36-14-12-32)17-33-25-8-7-22(28(19(2)30)20(3)34)16-24(25)31-27(33)10-6-21-5-9-26(35-4)23(29)15-21/h5,7-9,15-16,18H,6,10-14,17,30H2,1-4H3/b28-19+. The molecule has 3 aromatic rings. The van der Waals surface area contributed by atoms with Crippen molar-refractivity contribution in [2.75, 3.05) is 33.4 Å². The maximum atomic E-state index is 12.2. The second-order valence-electron chi connectivity index (χ2n) is 9.42. The summed E-state index contributed by atoms with van der Waals surface area (Å²) in [6.07, 6.45) is 1.56. The number of nitrogens with two attached hydrogens (primary N) is 1. The first-order valence-corrected chi connectivity index (χ1v) is 12.8. The monoisotopic (exact) mass is 510 g/mol. The predicted octanol–water partition coefficient (Wildman–Crippen LogP) is 4.48. The molecule has 2 heterocycles. The van der Waals surface area contributed by atoms with Crippen LogP contribution in [0.2, 0.25) is 5.02 Å². The van der Waals surface area contributed by atoms with Crippen molar-refractivity contribution in [3.05, 3.63) is 64.1 Å². The lowest BCUT2D eigenvalue weighted by atomic mass is 10.0. The van der Waals surface area contributed by atoms with Gasteiger partial charge in [0.25, 0.3) is 0 Å². The highest BCUT2D eigenvalue weighted by molar-refractivity contribution is 6.32. The van der Waals surface area contributed by atoms with Gasteiger partial charge in [-0.25, -0.2) is 4.98 Å². The van der Waals surface area contributed by atoms with Crippen LogP contribution in [0.25, 0.3) is 16.6 Å². The van der Waals surface area contributed by atoms with E-state index in [-0.39, 0.29) is 5.78 Å². The molecule has 0 spiro atoms. The van der Waals surface area contributed by atoms with E-state index < -0.39 is 0 Å². The molecule has 0 radical (unpaired) electrons. The van der Waals surface area contributed by atoms with Gasteiger partial charge in [-0.15, -0.1) is 0 Å². The molecule has 4 rings (SSSR count). The molecule has 1 saturated heterocycles. The Kier molecular flexibility index (Phi) is 8.34. The van der Waals surface area contributed by atoms with Crippen molar-refractivity contribution in [2.24, 2.45) is 5.73 Å². The number of allylic oxidation sites excluding steroid dienone is 2. The highest BCUT2D eigenvalue weighted by Crippen LogP contribution is 2.28. The number of aromatic nitrogens is 2. The minimum absolute atomic E-state index is 0.0497. The van der Waals surface area contributed by atoms with Crippen LogP contribution in [-0.4, -0.2) is 59.7 Å². The van der Waals surface area contributed by atoms with Gasteiger partial charge >= 0.3 is 0 Å². The second kappa shape index (κ2) is 11.5. The molecule has 1 atom stereocenters. The van der Waals surface area contributed by atoms with Crippen LogP contribution in [0.1, 0.15) is 37.7 Å². The number of carbonyl (C=O) groups is 1. The Morgan fingerprint density at radius 1 is 1.17 bits per heavy atom. The molecule has 0 amide bonds. The Bertz CT molecular complexity index is 1270. The summed E-state index contributed by atoms with van der Waals surface area (Å²) < 4.78 is 13.1. The fourth-order valence-electron chi connectivity index (χ4n) is 4.96. The van der Waals surface area contributed by atoms with Crippen LogP contribution >= 0.6 is 11.6 Å². The van der Waals surface area contributed by atoms with E-state index in [0.29, 0.717) is 28.1 Å². The summed E-state index contributed by atoms with van der Waals surface area (Å²) in [4.78, 5) is 19.7. The van der Waals surface area contributed by atoms with Gasteiger partial charge < -0.3 is 19.8 Å². The van der Waals surface area contributed by atoms with Crippen molar-refractivity contribution in [1.82, 2.24) is 14.5 Å². The van der Waals surface area contributed by atoms with Crippen LogP contribution in [0, 0.1) is 0 Å². The summed E-state index contributed by atoms with van der Waals surface area (Å²) in [6, 6.07) is 12.2. The third-order valence-electron chi connectivity index (χ3n) is 6.83. The minimum Gasteiger partial charge on any atom is -0.495 e. The zero-order chi connectivity index (χ0) is 25.8. The molecule has 1 fully saturated rings. The molecule has 2 N–H and O–H groups in total. The summed E-state index contributed by atoms with van der Waals surface area (Å²) in [6.45, 7) is 9.77. The summed E-state index contributed by atoms with van der Waals surface area (Å²) in [5.74, 6) is 1.63. The Morgan fingerprint density at radius 3 is 2.56 bits per heavy atom. The lowest BCUT2D eigenvalue weighted by Crippen LogP contribution is -2.44. The van der Waals surface area contributed by atoms with E-state index in [9.17, 15) is 4.79 Å². The van der Waals surface area contributed by atoms with E-state index in [1.54, 1.807) is 21.0 Å². The third-order valence-corrected chi connectivity index (χ3v) is 7.13. The molecule has 1 aromatic heterocycles. The van der Waals surface area contributed by atoms with Crippen molar-refractivity contribution in [3.63, 3.8) is 0 Å². The van der Waals surface area contributed by atoms with Crippen LogP contribution in [0.15, 0.2) is 42.1 Å². The molecule has 192 valence electrons. The number of hydrogen-bond acceptors (Lipinski definition) is 6. The van der Waals surface area contributed by atoms with E-state index in [4.69, 9.17) is 31.8 Å². The highest BCUT2D eigenvalue weighted by Gasteiger charge is 2.21. The molecular formula is C28H35ClN4O3. The van der Waals surface area contributed by atoms with Crippen molar-refractivity contribution < 1.29 is 14.3 Å². The quantitative estimate of drug-likeness (QED) is 0.427. The van der Waals surface area contributed by atoms with E-state index in [0.717, 1.165) is 73.7 Å². The number of imidazole rings is 1. The molecule has 0 bridgehead atoms. The molecular weight excluding hydrogens is 476 g/mol. The normalized spacial score (nSPS) is 16.1. The Morgan fingerprint density at radius 2 is 1.92 bits per heavy atom. The van der Waals surface area contributed by atoms with Crippen molar-refractivity contribution >= 4 is 34.0 Å². The zero-order valence-corrected chi connectivity index (χ0v) is 22.3. The topological polar surface area (TPSA) is 82.6 Å². The van der Waals surface area contributed by atoms with Gasteiger partial charge in [0.1, 0.15) is 11.6 Å². The lowest BCUT2D eigenvalue weighted by Gasteiger charge is -2.32. The average Bonchev–Trinajstić information content (AvgIpc) is 3.19. The molecule has 1 unspecified atom stereocenters. The fraction of sp³-hybridized carbons (Fsp3) is 0.429. The number of aryl methyl sites for hydroxylation is 2. The number of rotatable bonds is 9. The summed E-state index contributed by atoms with van der Waals surface area (Å²) in [5, 5.41) is 0.606. The summed E-state index contributed by atoms with van der Waals surface area (Å²) in [5.41, 5.74) is 10.9. The van der Waals surface area contributed by atoms with E-state index in [2.05, 4.69) is 22.5 Å². The number of methoxy groups -OCH3 is 1. The summed E-state index contributed by atoms with van der Waals surface area (Å²) >= 11 is 6.36. The number of benzene rings is 2. The number of carbonyl (C=O) groups excluding carboxylic acids is 1. The van der Waals surface area contributed by atoms with Crippen molar-refractivity contribution in [2.45, 2.75) is 46.2 Å². The second-order valence-corrected chi connectivity index (χ2v) is 9.83. The largest absolute Gasteiger partial charge is 0.495 e. The van der Waals surface area contributed by atoms with Gasteiger partial charge in [0, 0.05) is 43.4 Å². The van der Waals surface area contributed by atoms with Crippen LogP contribution in [0.5, 0.6) is 5.75 Å². The van der Waals surface area contributed by atoms with Crippen LogP contribution in [0.4, 0.5) is 0 Å². The van der Waals surface area contributed by atoms with Gasteiger partial charge in [-0.1, -0.05) is 23.7 Å². The number of hydrogen-bond donors (Lipinski definition) is 1. The number of nitrogens with zero attached hydrogens (tertiary/aromatic N) is 3. The zero-order valence-electron chi connectivity index (χ0n) is 21.5. The van der Waals surface area contributed by atoms with Crippen LogP contribution < -0.4 is 10.5 Å². The van der Waals surface area contributed by atoms with Gasteiger partial charge in [-0.2, -0.15) is 0 Å². The molecule has 2 aromatic carbocycles. The maximum absolute atomic E-state index is 12.2. The van der Waals surface area contributed by atoms with Crippen molar-refractivity contribution in [3.8, 4) is 5.75 Å². The molecule has 8 heteroatoms. The molecule has 7 nitrogen and oxygen atoms in total. The summed E-state index contributed by atoms with van der Waals surface area (Å²) in [7, 11) is 1.62. The first-order valence-electron chi connectivity index (χ1n) is 12.4. The van der Waals surface area contributed by atoms with Gasteiger partial charge in [0.2, 0.25) is 0 Å². The minimum atomic E-state index is -0.0497. The van der Waals surface area contributed by atoms with Crippen LogP contribution in [0.3, 0.4) is 0 Å². The van der Waals surface area contributed by atoms with Crippen molar-refractivity contribution in [1.29, 1.82) is 0 Å². The smallest absolute Gasteiger partial charge is 0.162 e. The number of morpholine rings is 1. The SMILES string of the molecule is COc1ccc(CCc2nc3cc(/C(C(C)=O)=C(\C)N)ccc3n2CC(C)N2CCOCC2)cc1Cl. The van der Waals surface area contributed by atoms with Gasteiger partial charge in [0.15, 0.2) is 5.78 Å². The van der Waals surface area contributed by atoms with Gasteiger partial charge in [-0.3, -0.25) is 9.69 Å². The first-order chi connectivity index (χ1) is 17.3. The average molecular weight is 511 g/mol. The van der Waals surface area contributed by atoms with Gasteiger partial charge in [-0.05, 0) is 62.6 Å².